The fraction of sp³-hybridized carbons (Fsp3) is 0.111. The van der Waals surface area contributed by atoms with Gasteiger partial charge in [-0.2, -0.15) is 10.1 Å². The van der Waals surface area contributed by atoms with Gasteiger partial charge in [0.2, 0.25) is 11.7 Å². The number of aromatic nitrogens is 2. The van der Waals surface area contributed by atoms with E-state index in [1.807, 2.05) is 60.7 Å². The van der Waals surface area contributed by atoms with E-state index in [1.54, 1.807) is 24.1 Å². The molecule has 5 rings (SSSR count). The number of anilines is 1. The molecule has 0 saturated carbocycles. The second-order valence-corrected chi connectivity index (χ2v) is 8.28. The molecule has 0 N–H and O–H groups in total. The largest absolute Gasteiger partial charge is 0.497 e. The summed E-state index contributed by atoms with van der Waals surface area (Å²) in [5.74, 6) is 0.773. The Labute approximate surface area is 212 Å². The maximum Gasteiger partial charge on any atom is 0.271 e. The van der Waals surface area contributed by atoms with Gasteiger partial charge in [-0.25, -0.2) is 0 Å². The first-order valence-electron chi connectivity index (χ1n) is 11.4. The number of amides is 1. The predicted molar refractivity (Wildman–Crippen MR) is 137 cm³/mol. The Morgan fingerprint density at radius 3 is 2.46 bits per heavy atom. The van der Waals surface area contributed by atoms with Gasteiger partial charge in [0.15, 0.2) is 0 Å². The van der Waals surface area contributed by atoms with Crippen molar-refractivity contribution in [3.8, 4) is 17.0 Å². The van der Waals surface area contributed by atoms with Crippen LogP contribution in [0.25, 0.3) is 17.0 Å². The zero-order chi connectivity index (χ0) is 25.9. The van der Waals surface area contributed by atoms with Crippen LogP contribution in [0.3, 0.4) is 0 Å². The highest BCUT2D eigenvalue weighted by molar-refractivity contribution is 5.80. The lowest BCUT2D eigenvalue weighted by Gasteiger charge is -2.25. The molecule has 0 spiro atoms. The molecule has 1 amide bonds. The Balaban J connectivity index is 1.55. The molecule has 2 heterocycles. The number of hydrazine groups is 1. The van der Waals surface area contributed by atoms with Crippen LogP contribution in [0, 0.1) is 10.1 Å². The first kappa shape index (κ1) is 23.6. The van der Waals surface area contributed by atoms with Crippen molar-refractivity contribution in [1.29, 1.82) is 0 Å². The number of benzene rings is 3. The number of carbonyl (C=O) groups excluding carboxylic acids is 1. The highest BCUT2D eigenvalue weighted by atomic mass is 16.7. The third kappa shape index (κ3) is 4.85. The van der Waals surface area contributed by atoms with E-state index in [-0.39, 0.29) is 11.6 Å². The number of nitrogens with zero attached hydrogens (tertiary/aromatic N) is 5. The standard InChI is InChI=1S/C27H23N5O5/c1-19(33)30-18-27(37-31(30)22-9-6-10-23(15-22)32(34)35)26-16-25(21-11-13-24(36-2)14-12-21)28-29(26)17-20-7-4-3-5-8-20/h3-16,18H,17H2,1-2H3. The van der Waals surface area contributed by atoms with Crippen LogP contribution < -0.4 is 9.91 Å². The molecular weight excluding hydrogens is 474 g/mol. The second kappa shape index (κ2) is 9.86. The monoisotopic (exact) mass is 497 g/mol. The molecule has 0 fully saturated rings. The zero-order valence-electron chi connectivity index (χ0n) is 20.1. The number of nitro benzene ring substituents is 1. The lowest BCUT2D eigenvalue weighted by molar-refractivity contribution is -0.384. The molecule has 1 aliphatic heterocycles. The van der Waals surface area contributed by atoms with Crippen LogP contribution in [0.4, 0.5) is 11.4 Å². The lowest BCUT2D eigenvalue weighted by atomic mass is 10.1. The number of rotatable bonds is 7. The lowest BCUT2D eigenvalue weighted by Crippen LogP contribution is -2.37. The van der Waals surface area contributed by atoms with Gasteiger partial charge in [0.1, 0.15) is 17.1 Å². The molecule has 1 aromatic heterocycles. The maximum atomic E-state index is 12.5. The van der Waals surface area contributed by atoms with E-state index in [9.17, 15) is 14.9 Å². The summed E-state index contributed by atoms with van der Waals surface area (Å²) in [5, 5.41) is 18.6. The van der Waals surface area contributed by atoms with E-state index in [1.165, 1.54) is 35.3 Å². The van der Waals surface area contributed by atoms with Crippen molar-refractivity contribution in [2.24, 2.45) is 0 Å². The molecule has 10 nitrogen and oxygen atoms in total. The van der Waals surface area contributed by atoms with Gasteiger partial charge in [-0.05, 0) is 42.0 Å². The molecule has 0 saturated heterocycles. The number of hydrogen-bond acceptors (Lipinski definition) is 7. The molecule has 10 heteroatoms. The van der Waals surface area contributed by atoms with E-state index < -0.39 is 4.92 Å². The number of non-ortho nitro benzene ring substituents is 1. The maximum absolute atomic E-state index is 12.5. The van der Waals surface area contributed by atoms with Crippen molar-refractivity contribution in [2.75, 3.05) is 12.3 Å². The Morgan fingerprint density at radius 1 is 1.03 bits per heavy atom. The zero-order valence-corrected chi connectivity index (χ0v) is 20.1. The van der Waals surface area contributed by atoms with Crippen molar-refractivity contribution in [3.63, 3.8) is 0 Å². The van der Waals surface area contributed by atoms with Gasteiger partial charge in [-0.15, -0.1) is 5.17 Å². The molecule has 1 aliphatic rings. The van der Waals surface area contributed by atoms with Crippen LogP contribution in [0.1, 0.15) is 18.2 Å². The Hall–Kier alpha value is -5.12. The molecule has 0 bridgehead atoms. The third-order valence-electron chi connectivity index (χ3n) is 5.80. The van der Waals surface area contributed by atoms with Crippen molar-refractivity contribution in [2.45, 2.75) is 13.5 Å². The van der Waals surface area contributed by atoms with Gasteiger partial charge in [-0.3, -0.25) is 19.6 Å². The van der Waals surface area contributed by atoms with Gasteiger partial charge in [0, 0.05) is 24.6 Å². The summed E-state index contributed by atoms with van der Waals surface area (Å²) >= 11 is 0. The van der Waals surface area contributed by atoms with Crippen molar-refractivity contribution in [1.82, 2.24) is 14.8 Å². The highest BCUT2D eigenvalue weighted by Gasteiger charge is 2.31. The van der Waals surface area contributed by atoms with Crippen LogP contribution in [0.15, 0.2) is 91.1 Å². The fourth-order valence-electron chi connectivity index (χ4n) is 3.95. The average molecular weight is 498 g/mol. The Bertz CT molecular complexity index is 1480. The van der Waals surface area contributed by atoms with Crippen molar-refractivity contribution in [3.05, 3.63) is 113 Å². The van der Waals surface area contributed by atoms with Crippen molar-refractivity contribution >= 4 is 23.0 Å². The van der Waals surface area contributed by atoms with Crippen LogP contribution in [-0.2, 0) is 16.2 Å². The molecular formula is C27H23N5O5. The molecule has 0 atom stereocenters. The van der Waals surface area contributed by atoms with Gasteiger partial charge < -0.3 is 9.57 Å². The fourth-order valence-corrected chi connectivity index (χ4v) is 3.95. The third-order valence-corrected chi connectivity index (χ3v) is 5.80. The normalized spacial score (nSPS) is 12.8. The number of ether oxygens (including phenoxy) is 1. The summed E-state index contributed by atoms with van der Waals surface area (Å²) in [4.78, 5) is 29.4. The minimum Gasteiger partial charge on any atom is -0.497 e. The van der Waals surface area contributed by atoms with Crippen LogP contribution in [0.2, 0.25) is 0 Å². The van der Waals surface area contributed by atoms with Crippen LogP contribution in [-0.4, -0.2) is 32.7 Å². The molecule has 0 radical (unpaired) electrons. The van der Waals surface area contributed by atoms with E-state index in [4.69, 9.17) is 14.7 Å². The molecule has 4 aromatic rings. The van der Waals surface area contributed by atoms with Crippen molar-refractivity contribution < 1.29 is 19.3 Å². The number of methoxy groups -OCH3 is 1. The minimum atomic E-state index is -0.498. The van der Waals surface area contributed by atoms with Crippen LogP contribution >= 0.6 is 0 Å². The van der Waals surface area contributed by atoms with Gasteiger partial charge in [0.25, 0.3) is 5.69 Å². The summed E-state index contributed by atoms with van der Waals surface area (Å²) in [5.41, 5.74) is 3.47. The molecule has 3 aromatic carbocycles. The smallest absolute Gasteiger partial charge is 0.271 e. The van der Waals surface area contributed by atoms with E-state index in [2.05, 4.69) is 0 Å². The summed E-state index contributed by atoms with van der Waals surface area (Å²) in [6, 6.07) is 25.2. The van der Waals surface area contributed by atoms with E-state index in [0.717, 1.165) is 16.9 Å². The first-order chi connectivity index (χ1) is 17.9. The summed E-state index contributed by atoms with van der Waals surface area (Å²) in [7, 11) is 1.61. The van der Waals surface area contributed by atoms with Gasteiger partial charge >= 0.3 is 0 Å². The topological polar surface area (TPSA) is 103 Å². The van der Waals surface area contributed by atoms with E-state index in [0.29, 0.717) is 29.4 Å². The number of carbonyl (C=O) groups is 1. The highest BCUT2D eigenvalue weighted by Crippen LogP contribution is 2.34. The molecule has 186 valence electrons. The first-order valence-corrected chi connectivity index (χ1v) is 11.4. The second-order valence-electron chi connectivity index (χ2n) is 8.28. The summed E-state index contributed by atoms with van der Waals surface area (Å²) in [6.07, 6.45) is 1.55. The summed E-state index contributed by atoms with van der Waals surface area (Å²) in [6.45, 7) is 1.85. The SMILES string of the molecule is COc1ccc(-c2cc(C3=CN(C(C)=O)N(c4cccc([N+](=O)[O-])c4)O3)n(Cc3ccccc3)n2)cc1. The van der Waals surface area contributed by atoms with E-state index >= 15 is 0 Å². The Kier molecular flexibility index (Phi) is 6.29. The Morgan fingerprint density at radius 2 is 1.78 bits per heavy atom. The molecule has 37 heavy (non-hydrogen) atoms. The van der Waals surface area contributed by atoms with Gasteiger partial charge in [-0.1, -0.05) is 36.4 Å². The molecule has 0 aliphatic carbocycles. The number of nitro groups is 1. The predicted octanol–water partition coefficient (Wildman–Crippen LogP) is 5.03. The summed E-state index contributed by atoms with van der Waals surface area (Å²) < 4.78 is 7.07. The quantitative estimate of drug-likeness (QED) is 0.261. The number of hydrogen-bond donors (Lipinski definition) is 0. The minimum absolute atomic E-state index is 0.117. The average Bonchev–Trinajstić information content (AvgIpc) is 3.54. The van der Waals surface area contributed by atoms with Gasteiger partial charge in [0.05, 0.1) is 30.5 Å². The molecule has 0 unspecified atom stereocenters. The van der Waals surface area contributed by atoms with Crippen LogP contribution in [0.5, 0.6) is 5.75 Å².